The van der Waals surface area contributed by atoms with Crippen molar-refractivity contribution in [1.29, 1.82) is 0 Å². The minimum atomic E-state index is -0.774. The number of rotatable bonds is 7. The van der Waals surface area contributed by atoms with E-state index >= 15 is 0 Å². The molecule has 168 valence electrons. The van der Waals surface area contributed by atoms with Crippen LogP contribution in [0.2, 0.25) is 0 Å². The van der Waals surface area contributed by atoms with E-state index in [9.17, 15) is 9.59 Å². The number of nitrogens with one attached hydrogen (secondary N) is 2. The zero-order valence-electron chi connectivity index (χ0n) is 18.8. The first-order valence-corrected chi connectivity index (χ1v) is 11.3. The number of hydrogen-bond acceptors (Lipinski definition) is 5. The van der Waals surface area contributed by atoms with Crippen molar-refractivity contribution in [3.05, 3.63) is 71.4 Å². The van der Waals surface area contributed by atoms with Crippen LogP contribution < -0.4 is 5.32 Å². The minimum Gasteiger partial charge on any atom is -0.466 e. The van der Waals surface area contributed by atoms with Crippen molar-refractivity contribution in [2.75, 3.05) is 13.2 Å². The lowest BCUT2D eigenvalue weighted by atomic mass is 9.72. The molecule has 6 nitrogen and oxygen atoms in total. The maximum absolute atomic E-state index is 13.3. The normalized spacial score (nSPS) is 22.3. The highest BCUT2D eigenvalue weighted by atomic mass is 16.5. The van der Waals surface area contributed by atoms with Gasteiger partial charge in [-0.25, -0.2) is 0 Å². The van der Waals surface area contributed by atoms with Crippen molar-refractivity contribution in [3.63, 3.8) is 0 Å². The molecule has 0 radical (unpaired) electrons. The molecule has 1 aliphatic heterocycles. The Morgan fingerprint density at radius 1 is 0.938 bits per heavy atom. The fourth-order valence-corrected chi connectivity index (χ4v) is 4.93. The largest absolute Gasteiger partial charge is 0.466 e. The Morgan fingerprint density at radius 3 is 2.31 bits per heavy atom. The van der Waals surface area contributed by atoms with Crippen LogP contribution in [0.15, 0.2) is 54.6 Å². The highest BCUT2D eigenvalue weighted by Gasteiger charge is 2.50. The Labute approximate surface area is 188 Å². The molecule has 0 fully saturated rings. The highest BCUT2D eigenvalue weighted by molar-refractivity contribution is 5.90. The molecule has 1 aliphatic rings. The average Bonchev–Trinajstić information content (AvgIpc) is 3.20. The van der Waals surface area contributed by atoms with E-state index in [1.54, 1.807) is 13.8 Å². The van der Waals surface area contributed by atoms with Crippen LogP contribution >= 0.6 is 0 Å². The molecular formula is C26H30N2O4. The third-order valence-corrected chi connectivity index (χ3v) is 6.36. The van der Waals surface area contributed by atoms with Gasteiger partial charge in [0.2, 0.25) is 0 Å². The summed E-state index contributed by atoms with van der Waals surface area (Å²) in [7, 11) is 0. The zero-order chi connectivity index (χ0) is 22.7. The second-order valence-corrected chi connectivity index (χ2v) is 8.14. The molecule has 3 aromatic rings. The fraction of sp³-hybridized carbons (Fsp3) is 0.385. The van der Waals surface area contributed by atoms with Crippen LogP contribution in [0.25, 0.3) is 10.9 Å². The van der Waals surface area contributed by atoms with Crippen LogP contribution in [-0.2, 0) is 24.6 Å². The van der Waals surface area contributed by atoms with Gasteiger partial charge < -0.3 is 14.5 Å². The summed E-state index contributed by atoms with van der Waals surface area (Å²) in [6, 6.07) is 17.4. The molecule has 2 N–H and O–H groups in total. The second kappa shape index (κ2) is 9.17. The van der Waals surface area contributed by atoms with Gasteiger partial charge in [-0.05, 0) is 37.5 Å². The van der Waals surface area contributed by atoms with Gasteiger partial charge in [0.05, 0.1) is 25.2 Å². The van der Waals surface area contributed by atoms with E-state index in [4.69, 9.17) is 9.47 Å². The number of aromatic amines is 1. The molecule has 2 heterocycles. The first-order valence-electron chi connectivity index (χ1n) is 11.3. The van der Waals surface area contributed by atoms with Crippen molar-refractivity contribution in [1.82, 2.24) is 10.3 Å². The number of esters is 2. The Hall–Kier alpha value is -3.12. The van der Waals surface area contributed by atoms with E-state index < -0.39 is 11.6 Å². The van der Waals surface area contributed by atoms with Crippen molar-refractivity contribution in [3.8, 4) is 0 Å². The van der Waals surface area contributed by atoms with Crippen molar-refractivity contribution < 1.29 is 19.1 Å². The first-order chi connectivity index (χ1) is 15.5. The third-order valence-electron chi connectivity index (χ3n) is 6.36. The Kier molecular flexibility index (Phi) is 6.33. The molecule has 0 saturated heterocycles. The smallest absolute Gasteiger partial charge is 0.324 e. The Balaban J connectivity index is 1.98. The van der Waals surface area contributed by atoms with Gasteiger partial charge in [0, 0.05) is 22.5 Å². The van der Waals surface area contributed by atoms with Crippen LogP contribution in [0.4, 0.5) is 0 Å². The van der Waals surface area contributed by atoms with E-state index in [2.05, 4.69) is 16.4 Å². The van der Waals surface area contributed by atoms with Gasteiger partial charge in [-0.15, -0.1) is 0 Å². The number of benzene rings is 2. The second-order valence-electron chi connectivity index (χ2n) is 8.14. The summed E-state index contributed by atoms with van der Waals surface area (Å²) < 4.78 is 10.8. The Morgan fingerprint density at radius 2 is 1.62 bits per heavy atom. The molecule has 0 spiro atoms. The summed E-state index contributed by atoms with van der Waals surface area (Å²) in [6.07, 6.45) is 0.720. The summed E-state index contributed by atoms with van der Waals surface area (Å²) in [4.78, 5) is 29.5. The number of fused-ring (bicyclic) bond motifs is 3. The third kappa shape index (κ3) is 3.79. The maximum Gasteiger partial charge on any atom is 0.324 e. The molecule has 6 heteroatoms. The summed E-state index contributed by atoms with van der Waals surface area (Å²) in [6.45, 7) is 6.22. The van der Waals surface area contributed by atoms with Crippen molar-refractivity contribution in [2.45, 2.75) is 51.1 Å². The van der Waals surface area contributed by atoms with Gasteiger partial charge >= 0.3 is 11.9 Å². The minimum absolute atomic E-state index is 0.120. The van der Waals surface area contributed by atoms with Gasteiger partial charge in [-0.3, -0.25) is 14.9 Å². The van der Waals surface area contributed by atoms with Gasteiger partial charge in [0.1, 0.15) is 6.04 Å². The fourth-order valence-electron chi connectivity index (χ4n) is 4.93. The summed E-state index contributed by atoms with van der Waals surface area (Å²) in [5.41, 5.74) is 3.19. The molecular weight excluding hydrogens is 404 g/mol. The number of carbonyl (C=O) groups excluding carboxylic acids is 2. The summed E-state index contributed by atoms with van der Waals surface area (Å²) in [5, 5.41) is 4.60. The maximum atomic E-state index is 13.3. The molecule has 4 rings (SSSR count). The number of aromatic nitrogens is 1. The van der Waals surface area contributed by atoms with Crippen LogP contribution in [0.1, 0.15) is 56.4 Å². The predicted octanol–water partition coefficient (Wildman–Crippen LogP) is 4.39. The number of hydrogen-bond donors (Lipinski definition) is 2. The van der Waals surface area contributed by atoms with E-state index in [0.29, 0.717) is 13.0 Å². The zero-order valence-corrected chi connectivity index (χ0v) is 18.8. The number of para-hydroxylation sites is 1. The molecule has 2 aromatic carbocycles. The van der Waals surface area contributed by atoms with E-state index in [-0.39, 0.29) is 30.9 Å². The topological polar surface area (TPSA) is 80.4 Å². The SMILES string of the molecule is CCOC(=O)C[C@@]1(CC)N[C@H](C(=O)OCC)[C@@H](c2ccccc2)c2c1[nH]c1ccccc21. The van der Waals surface area contributed by atoms with Gasteiger partial charge in [0.25, 0.3) is 0 Å². The molecule has 0 bridgehead atoms. The van der Waals surface area contributed by atoms with E-state index in [0.717, 1.165) is 27.7 Å². The summed E-state index contributed by atoms with van der Waals surface area (Å²) in [5.74, 6) is -0.880. The van der Waals surface area contributed by atoms with E-state index in [1.807, 2.05) is 55.5 Å². The lowest BCUT2D eigenvalue weighted by Crippen LogP contribution is -2.58. The van der Waals surface area contributed by atoms with Crippen molar-refractivity contribution in [2.24, 2.45) is 0 Å². The molecule has 0 aliphatic carbocycles. The summed E-state index contributed by atoms with van der Waals surface area (Å²) >= 11 is 0. The molecule has 0 unspecified atom stereocenters. The van der Waals surface area contributed by atoms with Crippen LogP contribution in [0, 0.1) is 0 Å². The lowest BCUT2D eigenvalue weighted by Gasteiger charge is -2.44. The standard InChI is InChI=1S/C26H30N2O4/c1-4-26(16-20(29)31-5-2)24-22(18-14-10-11-15-19(18)27-24)21(17-12-8-7-9-13-17)23(28-26)25(30)32-6-3/h7-15,21,23,27-28H,4-6,16H2,1-3H3/t21-,23-,26+/m0/s1. The first kappa shape index (κ1) is 22.1. The monoisotopic (exact) mass is 434 g/mol. The van der Waals surface area contributed by atoms with Crippen LogP contribution in [0.5, 0.6) is 0 Å². The number of carbonyl (C=O) groups is 2. The van der Waals surface area contributed by atoms with Gasteiger partial charge in [-0.1, -0.05) is 55.5 Å². The molecule has 0 saturated carbocycles. The van der Waals surface area contributed by atoms with Gasteiger partial charge in [-0.2, -0.15) is 0 Å². The molecule has 0 amide bonds. The van der Waals surface area contributed by atoms with Crippen LogP contribution in [-0.4, -0.2) is 36.2 Å². The average molecular weight is 435 g/mol. The molecule has 3 atom stereocenters. The van der Waals surface area contributed by atoms with Gasteiger partial charge in [0.15, 0.2) is 0 Å². The highest BCUT2D eigenvalue weighted by Crippen LogP contribution is 2.47. The molecule has 1 aromatic heterocycles. The lowest BCUT2D eigenvalue weighted by molar-refractivity contribution is -0.150. The Bertz CT molecular complexity index is 1110. The quantitative estimate of drug-likeness (QED) is 0.539. The number of H-pyrrole nitrogens is 1. The number of ether oxygens (including phenoxy) is 2. The predicted molar refractivity (Wildman–Crippen MR) is 123 cm³/mol. The van der Waals surface area contributed by atoms with E-state index in [1.165, 1.54) is 0 Å². The van der Waals surface area contributed by atoms with Crippen molar-refractivity contribution >= 4 is 22.8 Å². The molecule has 32 heavy (non-hydrogen) atoms. The van der Waals surface area contributed by atoms with Crippen LogP contribution in [0.3, 0.4) is 0 Å².